The molecule has 0 spiro atoms. The molecule has 4 heteroatoms. The average molecular weight is 226 g/mol. The summed E-state index contributed by atoms with van der Waals surface area (Å²) in [6, 6.07) is 12.7. The van der Waals surface area contributed by atoms with Gasteiger partial charge in [-0.2, -0.15) is 0 Å². The highest BCUT2D eigenvalue weighted by atomic mass is 16.5. The van der Waals surface area contributed by atoms with E-state index in [0.29, 0.717) is 5.88 Å². The first-order valence-electron chi connectivity index (χ1n) is 5.30. The predicted molar refractivity (Wildman–Crippen MR) is 64.3 cm³/mol. The van der Waals surface area contributed by atoms with E-state index in [2.05, 4.69) is 5.16 Å². The van der Waals surface area contributed by atoms with Crippen molar-refractivity contribution in [2.24, 2.45) is 0 Å². The second kappa shape index (κ2) is 3.59. The lowest BCUT2D eigenvalue weighted by molar-refractivity contribution is 0.402. The molecule has 0 aliphatic rings. The molecule has 0 saturated heterocycles. The van der Waals surface area contributed by atoms with Crippen LogP contribution in [0.3, 0.4) is 0 Å². The molecule has 0 aliphatic heterocycles. The van der Waals surface area contributed by atoms with Crippen LogP contribution in [0.15, 0.2) is 51.8 Å². The van der Waals surface area contributed by atoms with Crippen LogP contribution in [-0.2, 0) is 0 Å². The van der Waals surface area contributed by atoms with Crippen LogP contribution in [0.5, 0.6) is 0 Å². The Kier molecular flexibility index (Phi) is 2.08. The fourth-order valence-corrected chi connectivity index (χ4v) is 1.87. The molecule has 0 radical (unpaired) electrons. The molecule has 3 aromatic rings. The minimum absolute atomic E-state index is 0.125. The first-order valence-corrected chi connectivity index (χ1v) is 5.30. The molecular formula is C13H10N2O2. The molecule has 0 aliphatic carbocycles. The van der Waals surface area contributed by atoms with E-state index in [1.54, 1.807) is 12.1 Å². The third-order valence-electron chi connectivity index (χ3n) is 2.64. The van der Waals surface area contributed by atoms with Gasteiger partial charge in [0.25, 0.3) is 5.56 Å². The number of para-hydroxylation sites is 1. The number of benzene rings is 1. The summed E-state index contributed by atoms with van der Waals surface area (Å²) in [6.07, 6.45) is 0. The molecule has 0 bridgehead atoms. The minimum Gasteiger partial charge on any atom is -0.338 e. The van der Waals surface area contributed by atoms with Gasteiger partial charge in [-0.1, -0.05) is 23.4 Å². The Balaban J connectivity index is 2.42. The van der Waals surface area contributed by atoms with E-state index in [0.717, 1.165) is 16.6 Å². The van der Waals surface area contributed by atoms with Gasteiger partial charge in [0.1, 0.15) is 0 Å². The van der Waals surface area contributed by atoms with E-state index in [1.165, 1.54) is 10.6 Å². The number of rotatable bonds is 1. The summed E-state index contributed by atoms with van der Waals surface area (Å²) < 4.78 is 6.68. The third-order valence-corrected chi connectivity index (χ3v) is 2.64. The lowest BCUT2D eigenvalue weighted by atomic mass is 10.2. The Morgan fingerprint density at radius 2 is 2.00 bits per heavy atom. The molecule has 2 heterocycles. The van der Waals surface area contributed by atoms with Gasteiger partial charge in [-0.25, -0.2) is 4.57 Å². The zero-order chi connectivity index (χ0) is 11.8. The van der Waals surface area contributed by atoms with Crippen LogP contribution in [0.25, 0.3) is 16.8 Å². The zero-order valence-corrected chi connectivity index (χ0v) is 9.25. The van der Waals surface area contributed by atoms with Crippen LogP contribution in [0.4, 0.5) is 0 Å². The molecule has 0 atom stereocenters. The molecule has 0 amide bonds. The fraction of sp³-hybridized carbons (Fsp3) is 0.0769. The van der Waals surface area contributed by atoms with Gasteiger partial charge in [0, 0.05) is 12.1 Å². The second-order valence-electron chi connectivity index (χ2n) is 3.87. The quantitative estimate of drug-likeness (QED) is 0.639. The van der Waals surface area contributed by atoms with Crippen molar-refractivity contribution in [1.29, 1.82) is 0 Å². The maximum Gasteiger partial charge on any atom is 0.258 e. The van der Waals surface area contributed by atoms with Gasteiger partial charge < -0.3 is 4.52 Å². The molecule has 84 valence electrons. The minimum atomic E-state index is -0.125. The molecule has 3 rings (SSSR count). The van der Waals surface area contributed by atoms with Crippen LogP contribution in [0.2, 0.25) is 0 Å². The van der Waals surface area contributed by atoms with Gasteiger partial charge in [-0.05, 0) is 24.4 Å². The van der Waals surface area contributed by atoms with E-state index in [4.69, 9.17) is 4.52 Å². The Morgan fingerprint density at radius 1 is 1.18 bits per heavy atom. The Labute approximate surface area is 97.1 Å². The second-order valence-corrected chi connectivity index (χ2v) is 3.87. The largest absolute Gasteiger partial charge is 0.338 e. The van der Waals surface area contributed by atoms with E-state index >= 15 is 0 Å². The van der Waals surface area contributed by atoms with Gasteiger partial charge in [0.05, 0.1) is 11.2 Å². The summed E-state index contributed by atoms with van der Waals surface area (Å²) >= 11 is 0. The molecule has 4 nitrogen and oxygen atoms in total. The van der Waals surface area contributed by atoms with Crippen molar-refractivity contribution in [3.05, 3.63) is 58.5 Å². The maximum atomic E-state index is 11.9. The number of aromatic nitrogens is 2. The van der Waals surface area contributed by atoms with Crippen LogP contribution in [0.1, 0.15) is 5.69 Å². The summed E-state index contributed by atoms with van der Waals surface area (Å²) in [5, 5.41) is 4.79. The van der Waals surface area contributed by atoms with E-state index < -0.39 is 0 Å². The molecule has 0 unspecified atom stereocenters. The SMILES string of the molecule is Cc1cc(-n2c(=O)ccc3ccccc32)on1. The van der Waals surface area contributed by atoms with Crippen molar-refractivity contribution < 1.29 is 4.52 Å². The molecule has 0 saturated carbocycles. The van der Waals surface area contributed by atoms with Crippen molar-refractivity contribution in [2.45, 2.75) is 6.92 Å². The van der Waals surface area contributed by atoms with Gasteiger partial charge in [0.15, 0.2) is 0 Å². The smallest absolute Gasteiger partial charge is 0.258 e. The zero-order valence-electron chi connectivity index (χ0n) is 9.25. The van der Waals surface area contributed by atoms with E-state index in [9.17, 15) is 4.79 Å². The molecule has 1 aromatic carbocycles. The lowest BCUT2D eigenvalue weighted by Gasteiger charge is -2.05. The van der Waals surface area contributed by atoms with Crippen molar-refractivity contribution in [3.63, 3.8) is 0 Å². The highest BCUT2D eigenvalue weighted by molar-refractivity contribution is 5.80. The molecule has 17 heavy (non-hydrogen) atoms. The molecule has 0 fully saturated rings. The summed E-state index contributed by atoms with van der Waals surface area (Å²) in [5.74, 6) is 0.448. The highest BCUT2D eigenvalue weighted by Crippen LogP contribution is 2.16. The third kappa shape index (κ3) is 1.54. The Bertz CT molecular complexity index is 740. The summed E-state index contributed by atoms with van der Waals surface area (Å²) in [6.45, 7) is 1.82. The van der Waals surface area contributed by atoms with Crippen molar-refractivity contribution >= 4 is 10.9 Å². The molecule has 2 aromatic heterocycles. The van der Waals surface area contributed by atoms with Crippen LogP contribution < -0.4 is 5.56 Å². The van der Waals surface area contributed by atoms with Gasteiger partial charge in [0.2, 0.25) is 5.88 Å². The number of hydrogen-bond acceptors (Lipinski definition) is 3. The number of nitrogens with zero attached hydrogens (tertiary/aromatic N) is 2. The van der Waals surface area contributed by atoms with Crippen molar-refractivity contribution in [3.8, 4) is 5.88 Å². The fourth-order valence-electron chi connectivity index (χ4n) is 1.87. The number of pyridine rings is 1. The van der Waals surface area contributed by atoms with Gasteiger partial charge >= 0.3 is 0 Å². The number of hydrogen-bond donors (Lipinski definition) is 0. The number of fused-ring (bicyclic) bond motifs is 1. The normalized spacial score (nSPS) is 10.9. The highest BCUT2D eigenvalue weighted by Gasteiger charge is 2.08. The van der Waals surface area contributed by atoms with E-state index in [1.807, 2.05) is 31.2 Å². The predicted octanol–water partition coefficient (Wildman–Crippen LogP) is 2.29. The van der Waals surface area contributed by atoms with Crippen molar-refractivity contribution in [1.82, 2.24) is 9.72 Å². The maximum absolute atomic E-state index is 11.9. The van der Waals surface area contributed by atoms with Crippen LogP contribution in [-0.4, -0.2) is 9.72 Å². The summed E-state index contributed by atoms with van der Waals surface area (Å²) in [7, 11) is 0. The van der Waals surface area contributed by atoms with Crippen LogP contribution in [0, 0.1) is 6.92 Å². The monoisotopic (exact) mass is 226 g/mol. The summed E-state index contributed by atoms with van der Waals surface area (Å²) in [4.78, 5) is 11.9. The first-order chi connectivity index (χ1) is 8.25. The number of aryl methyl sites for hydroxylation is 1. The molecule has 0 N–H and O–H groups in total. The Hall–Kier alpha value is -2.36. The van der Waals surface area contributed by atoms with E-state index in [-0.39, 0.29) is 5.56 Å². The average Bonchev–Trinajstić information content (AvgIpc) is 2.75. The van der Waals surface area contributed by atoms with Crippen LogP contribution >= 0.6 is 0 Å². The standard InChI is InChI=1S/C13H10N2O2/c1-9-8-13(17-14-9)15-11-5-3-2-4-10(11)6-7-12(15)16/h2-8H,1H3. The van der Waals surface area contributed by atoms with Gasteiger partial charge in [-0.15, -0.1) is 0 Å². The molecular weight excluding hydrogens is 216 g/mol. The van der Waals surface area contributed by atoms with Crippen molar-refractivity contribution in [2.75, 3.05) is 0 Å². The topological polar surface area (TPSA) is 48.0 Å². The Morgan fingerprint density at radius 3 is 2.76 bits per heavy atom. The first kappa shape index (κ1) is 9.84. The lowest BCUT2D eigenvalue weighted by Crippen LogP contribution is -2.16. The van der Waals surface area contributed by atoms with Gasteiger partial charge in [-0.3, -0.25) is 4.79 Å². The summed E-state index contributed by atoms with van der Waals surface area (Å²) in [5.41, 5.74) is 1.44.